The van der Waals surface area contributed by atoms with Crippen molar-refractivity contribution < 1.29 is 14.3 Å². The Hall–Kier alpha value is -3.71. The van der Waals surface area contributed by atoms with Gasteiger partial charge in [0.05, 0.1) is 17.2 Å². The average Bonchev–Trinajstić information content (AvgIpc) is 2.72. The molecule has 0 aliphatic carbocycles. The quantitative estimate of drug-likeness (QED) is 0.511. The summed E-state index contributed by atoms with van der Waals surface area (Å²) in [5.41, 5.74) is 1.80. The Morgan fingerprint density at radius 2 is 1.35 bits per heavy atom. The fourth-order valence-electron chi connectivity index (χ4n) is 2.51. The Balaban J connectivity index is 1.89. The van der Waals surface area contributed by atoms with Crippen LogP contribution < -0.4 is 0 Å². The first-order valence-electron chi connectivity index (χ1n) is 8.04. The fourth-order valence-corrected chi connectivity index (χ4v) is 2.51. The molecule has 26 heavy (non-hydrogen) atoms. The van der Waals surface area contributed by atoms with Gasteiger partial charge in [0, 0.05) is 11.1 Å². The van der Waals surface area contributed by atoms with Crippen molar-refractivity contribution in [2.75, 3.05) is 0 Å². The maximum atomic E-state index is 12.9. The zero-order chi connectivity index (χ0) is 18.4. The maximum absolute atomic E-state index is 12.9. The fraction of sp³-hybridized carbons (Fsp3) is 0.0455. The molecular formula is C22H15NO3. The molecule has 0 radical (unpaired) electrons. The van der Waals surface area contributed by atoms with E-state index in [2.05, 4.69) is 0 Å². The smallest absolute Gasteiger partial charge is 0.339 e. The molecule has 126 valence electrons. The van der Waals surface area contributed by atoms with Gasteiger partial charge in [-0.2, -0.15) is 5.26 Å². The first-order chi connectivity index (χ1) is 12.7. The summed E-state index contributed by atoms with van der Waals surface area (Å²) in [7, 11) is 0. The predicted octanol–water partition coefficient (Wildman–Crippen LogP) is 4.34. The van der Waals surface area contributed by atoms with Gasteiger partial charge >= 0.3 is 5.97 Å². The molecule has 0 bridgehead atoms. The number of Topliss-reactive ketones (excluding diaryl/α,β-unsaturated/α-hetero) is 1. The minimum atomic E-state index is -1.04. The van der Waals surface area contributed by atoms with E-state index in [1.807, 2.05) is 18.2 Å². The van der Waals surface area contributed by atoms with E-state index in [-0.39, 0.29) is 11.3 Å². The van der Waals surface area contributed by atoms with Crippen LogP contribution in [0.4, 0.5) is 0 Å². The number of nitriles is 1. The molecule has 1 atom stereocenters. The zero-order valence-corrected chi connectivity index (χ0v) is 13.8. The Labute approximate surface area is 151 Å². The number of ketones is 1. The van der Waals surface area contributed by atoms with Crippen molar-refractivity contribution in [2.45, 2.75) is 6.10 Å². The molecule has 0 aliphatic rings. The lowest BCUT2D eigenvalue weighted by Crippen LogP contribution is -2.20. The molecule has 0 fully saturated rings. The number of carbonyl (C=O) groups excluding carboxylic acids is 2. The topological polar surface area (TPSA) is 67.2 Å². The first-order valence-corrected chi connectivity index (χ1v) is 8.04. The second-order valence-corrected chi connectivity index (χ2v) is 5.62. The van der Waals surface area contributed by atoms with Crippen molar-refractivity contribution in [1.29, 1.82) is 5.26 Å². The van der Waals surface area contributed by atoms with Crippen molar-refractivity contribution in [1.82, 2.24) is 0 Å². The molecule has 4 heteroatoms. The second-order valence-electron chi connectivity index (χ2n) is 5.62. The SMILES string of the molecule is N#Cc1ccc(C(=O)OC(C(=O)c2ccccc2)c2ccccc2)cc1. The van der Waals surface area contributed by atoms with Crippen LogP contribution in [0.25, 0.3) is 0 Å². The summed E-state index contributed by atoms with van der Waals surface area (Å²) in [6.45, 7) is 0. The minimum Gasteiger partial charge on any atom is -0.445 e. The molecule has 1 unspecified atom stereocenters. The van der Waals surface area contributed by atoms with Gasteiger partial charge in [-0.15, -0.1) is 0 Å². The van der Waals surface area contributed by atoms with E-state index in [1.54, 1.807) is 48.5 Å². The number of ether oxygens (including phenoxy) is 1. The van der Waals surface area contributed by atoms with E-state index in [0.717, 1.165) is 0 Å². The minimum absolute atomic E-state index is 0.283. The van der Waals surface area contributed by atoms with Gasteiger partial charge in [0.2, 0.25) is 5.78 Å². The van der Waals surface area contributed by atoms with Crippen LogP contribution in [0.1, 0.15) is 37.9 Å². The molecular weight excluding hydrogens is 326 g/mol. The zero-order valence-electron chi connectivity index (χ0n) is 13.8. The molecule has 3 aromatic rings. The highest BCUT2D eigenvalue weighted by molar-refractivity contribution is 6.02. The monoisotopic (exact) mass is 341 g/mol. The molecule has 0 aromatic heterocycles. The molecule has 4 nitrogen and oxygen atoms in total. The van der Waals surface area contributed by atoms with E-state index < -0.39 is 12.1 Å². The van der Waals surface area contributed by atoms with Crippen molar-refractivity contribution in [3.63, 3.8) is 0 Å². The Morgan fingerprint density at radius 1 is 0.769 bits per heavy atom. The molecule has 0 saturated carbocycles. The van der Waals surface area contributed by atoms with Gasteiger partial charge in [0.1, 0.15) is 0 Å². The Bertz CT molecular complexity index is 942. The summed E-state index contributed by atoms with van der Waals surface area (Å²) >= 11 is 0. The lowest BCUT2D eigenvalue weighted by atomic mass is 9.99. The highest BCUT2D eigenvalue weighted by atomic mass is 16.5. The summed E-state index contributed by atoms with van der Waals surface area (Å²) in [5, 5.41) is 8.85. The van der Waals surface area contributed by atoms with Gasteiger partial charge in [0.25, 0.3) is 0 Å². The second kappa shape index (κ2) is 7.91. The molecule has 0 saturated heterocycles. The van der Waals surface area contributed by atoms with Crippen molar-refractivity contribution in [3.05, 3.63) is 107 Å². The highest BCUT2D eigenvalue weighted by Crippen LogP contribution is 2.24. The van der Waals surface area contributed by atoms with E-state index in [9.17, 15) is 9.59 Å². The van der Waals surface area contributed by atoms with Crippen molar-refractivity contribution in [2.24, 2.45) is 0 Å². The molecule has 3 rings (SSSR count). The van der Waals surface area contributed by atoms with Crippen LogP contribution in [0.15, 0.2) is 84.9 Å². The Kier molecular flexibility index (Phi) is 5.21. The molecule has 0 spiro atoms. The normalized spacial score (nSPS) is 11.2. The highest BCUT2D eigenvalue weighted by Gasteiger charge is 2.26. The van der Waals surface area contributed by atoms with Gasteiger partial charge in [-0.25, -0.2) is 4.79 Å². The Morgan fingerprint density at radius 3 is 1.92 bits per heavy atom. The van der Waals surface area contributed by atoms with Gasteiger partial charge in [-0.3, -0.25) is 4.79 Å². The lowest BCUT2D eigenvalue weighted by molar-refractivity contribution is 0.0280. The van der Waals surface area contributed by atoms with Crippen molar-refractivity contribution >= 4 is 11.8 Å². The maximum Gasteiger partial charge on any atom is 0.339 e. The number of benzene rings is 3. The van der Waals surface area contributed by atoms with Crippen molar-refractivity contribution in [3.8, 4) is 6.07 Å². The molecule has 0 heterocycles. The molecule has 0 N–H and O–H groups in total. The van der Waals surface area contributed by atoms with Crippen LogP contribution in [0.5, 0.6) is 0 Å². The van der Waals surface area contributed by atoms with Gasteiger partial charge < -0.3 is 4.74 Å². The third-order valence-electron chi connectivity index (χ3n) is 3.87. The standard InChI is InChI=1S/C22H15NO3/c23-15-16-11-13-19(14-12-16)22(25)26-21(18-9-5-2-6-10-18)20(24)17-7-3-1-4-8-17/h1-14,21H. The lowest BCUT2D eigenvalue weighted by Gasteiger charge is -2.17. The number of carbonyl (C=O) groups is 2. The average molecular weight is 341 g/mol. The summed E-state index contributed by atoms with van der Waals surface area (Å²) in [6.07, 6.45) is -1.04. The van der Waals surface area contributed by atoms with E-state index in [1.165, 1.54) is 24.3 Å². The van der Waals surface area contributed by atoms with Crippen LogP contribution >= 0.6 is 0 Å². The third kappa shape index (κ3) is 3.85. The van der Waals surface area contributed by atoms with E-state index in [0.29, 0.717) is 16.7 Å². The largest absolute Gasteiger partial charge is 0.445 e. The van der Waals surface area contributed by atoms with E-state index in [4.69, 9.17) is 10.00 Å². The number of nitrogens with zero attached hydrogens (tertiary/aromatic N) is 1. The van der Waals surface area contributed by atoms with Crippen LogP contribution in [-0.2, 0) is 4.74 Å². The van der Waals surface area contributed by atoms with Crippen LogP contribution in [0.3, 0.4) is 0 Å². The van der Waals surface area contributed by atoms with Crippen LogP contribution in [-0.4, -0.2) is 11.8 Å². The number of esters is 1. The first kappa shape index (κ1) is 17.1. The summed E-state index contributed by atoms with van der Waals surface area (Å²) < 4.78 is 5.54. The van der Waals surface area contributed by atoms with Crippen LogP contribution in [0, 0.1) is 11.3 Å². The predicted molar refractivity (Wildman–Crippen MR) is 96.5 cm³/mol. The van der Waals surface area contributed by atoms with Gasteiger partial charge in [0.15, 0.2) is 6.10 Å². The van der Waals surface area contributed by atoms with E-state index >= 15 is 0 Å². The molecule has 0 amide bonds. The van der Waals surface area contributed by atoms with Gasteiger partial charge in [-0.05, 0) is 24.3 Å². The number of rotatable bonds is 5. The summed E-state index contributed by atoms with van der Waals surface area (Å²) in [4.78, 5) is 25.4. The summed E-state index contributed by atoms with van der Waals surface area (Å²) in [5.74, 6) is -0.911. The van der Waals surface area contributed by atoms with Gasteiger partial charge in [-0.1, -0.05) is 60.7 Å². The molecule has 0 aliphatic heterocycles. The van der Waals surface area contributed by atoms with Crippen LogP contribution in [0.2, 0.25) is 0 Å². The molecule has 3 aromatic carbocycles. The number of hydrogen-bond acceptors (Lipinski definition) is 4. The third-order valence-corrected chi connectivity index (χ3v) is 3.87. The summed E-state index contributed by atoms with van der Waals surface area (Å²) in [6, 6.07) is 25.7. The number of hydrogen-bond donors (Lipinski definition) is 0.